The molecule has 2 saturated heterocycles. The van der Waals surface area contributed by atoms with Crippen LogP contribution >= 0.6 is 23.1 Å². The van der Waals surface area contributed by atoms with Gasteiger partial charge in [0, 0.05) is 62.0 Å². The molecule has 9 nitrogen and oxygen atoms in total. The van der Waals surface area contributed by atoms with Crippen LogP contribution < -0.4 is 15.0 Å². The van der Waals surface area contributed by atoms with Crippen LogP contribution in [0.25, 0.3) is 10.2 Å². The highest BCUT2D eigenvalue weighted by atomic mass is 32.2. The Balaban J connectivity index is 1.19. The van der Waals surface area contributed by atoms with Crippen LogP contribution in [0.2, 0.25) is 0 Å². The van der Waals surface area contributed by atoms with Gasteiger partial charge in [-0.3, -0.25) is 4.90 Å². The van der Waals surface area contributed by atoms with Gasteiger partial charge < -0.3 is 24.6 Å². The third-order valence-corrected chi connectivity index (χ3v) is 10.2. The minimum atomic E-state index is -0.374. The number of piperazine rings is 1. The van der Waals surface area contributed by atoms with Crippen LogP contribution in [-0.4, -0.2) is 92.3 Å². The Morgan fingerprint density at radius 2 is 1.79 bits per heavy atom. The zero-order chi connectivity index (χ0) is 29.1. The smallest absolute Gasteiger partial charge is 0.339 e. The molecule has 0 bridgehead atoms. The molecule has 0 atom stereocenters. The number of aromatic nitrogens is 2. The van der Waals surface area contributed by atoms with Crippen LogP contribution in [0.15, 0.2) is 63.8 Å². The fraction of sp³-hybridized carbons (Fsp3) is 0.387. The summed E-state index contributed by atoms with van der Waals surface area (Å²) in [4.78, 5) is 30.3. The molecule has 6 rings (SSSR count). The molecule has 1 N–H and O–H groups in total. The highest BCUT2D eigenvalue weighted by molar-refractivity contribution is 7.99. The first-order valence-electron chi connectivity index (χ1n) is 14.3. The number of nitrogens with zero attached hydrogens (tertiary/aromatic N) is 5. The van der Waals surface area contributed by atoms with Crippen LogP contribution in [0.4, 0.5) is 17.3 Å². The molecule has 42 heavy (non-hydrogen) atoms. The molecule has 0 amide bonds. The second kappa shape index (κ2) is 12.9. The Labute approximate surface area is 254 Å². The zero-order valence-electron chi connectivity index (χ0n) is 24.2. The number of benzene rings is 2. The number of likely N-dealkylation sites (N-methyl/N-ethyl adjacent to an activating group) is 1. The van der Waals surface area contributed by atoms with Gasteiger partial charge in [0.2, 0.25) is 5.95 Å². The molecule has 0 saturated carbocycles. The minimum absolute atomic E-state index is 0.374. The summed E-state index contributed by atoms with van der Waals surface area (Å²) in [5.74, 6) is 0.840. The minimum Gasteiger partial charge on any atom is -0.494 e. The van der Waals surface area contributed by atoms with Gasteiger partial charge in [0.05, 0.1) is 35.7 Å². The molecule has 2 aliphatic rings. The van der Waals surface area contributed by atoms with Crippen molar-refractivity contribution in [2.24, 2.45) is 0 Å². The Kier molecular flexibility index (Phi) is 8.80. The fourth-order valence-corrected chi connectivity index (χ4v) is 7.61. The van der Waals surface area contributed by atoms with Crippen molar-refractivity contribution in [2.75, 3.05) is 70.8 Å². The topological polar surface area (TPSA) is 83.1 Å². The zero-order valence-corrected chi connectivity index (χ0v) is 25.8. The lowest BCUT2D eigenvalue weighted by atomic mass is 10.0. The van der Waals surface area contributed by atoms with Gasteiger partial charge in [0.1, 0.15) is 10.8 Å². The van der Waals surface area contributed by atoms with E-state index in [1.54, 1.807) is 24.5 Å². The number of hydrogen-bond donors (Lipinski definition) is 1. The third kappa shape index (κ3) is 6.19. The number of esters is 1. The van der Waals surface area contributed by atoms with Crippen molar-refractivity contribution in [1.82, 2.24) is 19.8 Å². The van der Waals surface area contributed by atoms with Crippen LogP contribution in [0.3, 0.4) is 0 Å². The Morgan fingerprint density at radius 1 is 1.00 bits per heavy atom. The number of fused-ring (bicyclic) bond motifs is 1. The first-order chi connectivity index (χ1) is 20.5. The first kappa shape index (κ1) is 28.7. The lowest BCUT2D eigenvalue weighted by molar-refractivity contribution is 0.0597. The molecule has 0 unspecified atom stereocenters. The number of methoxy groups -OCH3 is 2. The van der Waals surface area contributed by atoms with Crippen LogP contribution in [0, 0.1) is 0 Å². The second-order valence-corrected chi connectivity index (χ2v) is 12.6. The van der Waals surface area contributed by atoms with E-state index in [4.69, 9.17) is 19.4 Å². The summed E-state index contributed by atoms with van der Waals surface area (Å²) in [6.07, 6.45) is 2.36. The molecule has 2 aliphatic heterocycles. The van der Waals surface area contributed by atoms with Crippen LogP contribution in [0.1, 0.15) is 23.2 Å². The SMILES string of the molecule is COC(=O)c1ccccc1Sc1nc(Nc2ccc(N3CCC(N4CCN(C)CC4)CC3)cc2OC)nc2ccsc12. The van der Waals surface area contributed by atoms with Crippen LogP contribution in [0.5, 0.6) is 5.75 Å². The van der Waals surface area contributed by atoms with Crippen molar-refractivity contribution in [3.05, 3.63) is 59.5 Å². The Hall–Kier alpha value is -3.38. The molecule has 2 aromatic heterocycles. The van der Waals surface area contributed by atoms with Crippen molar-refractivity contribution in [3.8, 4) is 5.75 Å². The lowest BCUT2D eigenvalue weighted by Crippen LogP contribution is -2.52. The number of hydrogen-bond acceptors (Lipinski definition) is 11. The molecule has 2 aromatic carbocycles. The van der Waals surface area contributed by atoms with Gasteiger partial charge in [0.25, 0.3) is 0 Å². The second-order valence-electron chi connectivity index (χ2n) is 10.6. The van der Waals surface area contributed by atoms with Gasteiger partial charge >= 0.3 is 5.97 Å². The number of rotatable bonds is 8. The first-order valence-corrected chi connectivity index (χ1v) is 15.9. The fourth-order valence-electron chi connectivity index (χ4n) is 5.68. The van der Waals surface area contributed by atoms with E-state index in [1.807, 2.05) is 35.7 Å². The average molecular weight is 605 g/mol. The van der Waals surface area contributed by atoms with Crippen molar-refractivity contribution in [3.63, 3.8) is 0 Å². The predicted molar refractivity (Wildman–Crippen MR) is 170 cm³/mol. The van der Waals surface area contributed by atoms with Crippen molar-refractivity contribution in [2.45, 2.75) is 28.8 Å². The van der Waals surface area contributed by atoms with E-state index in [0.29, 0.717) is 17.6 Å². The summed E-state index contributed by atoms with van der Waals surface area (Å²) in [6.45, 7) is 6.75. The number of carbonyl (C=O) groups is 1. The van der Waals surface area contributed by atoms with Gasteiger partial charge in [-0.2, -0.15) is 0 Å². The summed E-state index contributed by atoms with van der Waals surface area (Å²) in [5.41, 5.74) is 3.31. The van der Waals surface area contributed by atoms with Crippen molar-refractivity contribution < 1.29 is 14.3 Å². The maximum absolute atomic E-state index is 12.4. The highest BCUT2D eigenvalue weighted by Gasteiger charge is 2.27. The highest BCUT2D eigenvalue weighted by Crippen LogP contribution is 2.38. The number of thiophene rings is 1. The molecule has 0 aliphatic carbocycles. The summed E-state index contributed by atoms with van der Waals surface area (Å²) in [7, 11) is 5.30. The quantitative estimate of drug-likeness (QED) is 0.203. The maximum Gasteiger partial charge on any atom is 0.339 e. The Bertz CT molecular complexity index is 1550. The van der Waals surface area contributed by atoms with E-state index in [2.05, 4.69) is 39.2 Å². The number of piperidine rings is 1. The molecule has 2 fully saturated rings. The number of nitrogens with one attached hydrogen (secondary N) is 1. The monoisotopic (exact) mass is 604 g/mol. The van der Waals surface area contributed by atoms with E-state index >= 15 is 0 Å². The number of anilines is 3. The average Bonchev–Trinajstić information content (AvgIpc) is 3.51. The molecule has 0 spiro atoms. The standard InChI is InChI=1S/C31H36N6O3S2/c1-35-15-17-37(18-16-35)21-10-13-36(14-11-21)22-8-9-24(26(20-22)39-2)32-31-33-25-12-19-41-28(25)29(34-31)42-27-7-5-4-6-23(27)30(38)40-3/h4-9,12,19-21H,10-11,13-18H2,1-3H3,(H,32,33,34). The molecule has 11 heteroatoms. The van der Waals surface area contributed by atoms with E-state index in [0.717, 1.165) is 57.8 Å². The van der Waals surface area contributed by atoms with Gasteiger partial charge in [-0.1, -0.05) is 23.9 Å². The van der Waals surface area contributed by atoms with E-state index < -0.39 is 0 Å². The van der Waals surface area contributed by atoms with Crippen molar-refractivity contribution >= 4 is 56.6 Å². The predicted octanol–water partition coefficient (Wildman–Crippen LogP) is 5.60. The molecule has 0 radical (unpaired) electrons. The van der Waals surface area contributed by atoms with Gasteiger partial charge in [-0.25, -0.2) is 14.8 Å². The van der Waals surface area contributed by atoms with Gasteiger partial charge in [-0.15, -0.1) is 11.3 Å². The molecule has 220 valence electrons. The summed E-state index contributed by atoms with van der Waals surface area (Å²) in [6, 6.07) is 16.3. The van der Waals surface area contributed by atoms with Crippen molar-refractivity contribution in [1.29, 1.82) is 0 Å². The largest absolute Gasteiger partial charge is 0.494 e. The Morgan fingerprint density at radius 3 is 2.55 bits per heavy atom. The number of ether oxygens (including phenoxy) is 2. The maximum atomic E-state index is 12.4. The van der Waals surface area contributed by atoms with E-state index in [-0.39, 0.29) is 5.97 Å². The van der Waals surface area contributed by atoms with Crippen LogP contribution in [-0.2, 0) is 4.74 Å². The van der Waals surface area contributed by atoms with Gasteiger partial charge in [-0.05, 0) is 55.6 Å². The molecule has 4 aromatic rings. The molecule has 4 heterocycles. The van der Waals surface area contributed by atoms with E-state index in [9.17, 15) is 4.79 Å². The van der Waals surface area contributed by atoms with Gasteiger partial charge in [0.15, 0.2) is 0 Å². The summed E-state index contributed by atoms with van der Waals surface area (Å²) < 4.78 is 11.8. The molecular formula is C31H36N6O3S2. The lowest BCUT2D eigenvalue weighted by Gasteiger charge is -2.42. The normalized spacial score (nSPS) is 17.0. The summed E-state index contributed by atoms with van der Waals surface area (Å²) in [5, 5.41) is 6.16. The third-order valence-electron chi connectivity index (χ3n) is 8.09. The van der Waals surface area contributed by atoms with E-state index in [1.165, 1.54) is 50.5 Å². The summed E-state index contributed by atoms with van der Waals surface area (Å²) >= 11 is 3.01. The molecular weight excluding hydrogens is 569 g/mol. The number of carbonyl (C=O) groups excluding carboxylic acids is 1.